The van der Waals surface area contributed by atoms with Crippen LogP contribution in [0, 0.1) is 0 Å². The molecule has 4 aromatic carbocycles. The van der Waals surface area contributed by atoms with Crippen LogP contribution in [0.25, 0.3) is 21.5 Å². The van der Waals surface area contributed by atoms with Gasteiger partial charge in [-0.3, -0.25) is 0 Å². The fourth-order valence-corrected chi connectivity index (χ4v) is 5.29. The molecule has 0 saturated carbocycles. The number of hydrogen-bond donors (Lipinski definition) is 1. The van der Waals surface area contributed by atoms with Gasteiger partial charge in [0.2, 0.25) is 0 Å². The van der Waals surface area contributed by atoms with Crippen molar-refractivity contribution in [2.45, 2.75) is 14.7 Å². The molecule has 0 unspecified atom stereocenters. The fraction of sp³-hybridized carbons (Fsp3) is 0. The first-order valence-electron chi connectivity index (χ1n) is 9.29. The van der Waals surface area contributed by atoms with Crippen molar-refractivity contribution in [1.29, 1.82) is 0 Å². The van der Waals surface area contributed by atoms with Crippen molar-refractivity contribution in [3.05, 3.63) is 60.7 Å². The van der Waals surface area contributed by atoms with Gasteiger partial charge in [0.25, 0.3) is 0 Å². The molecular weight excluding hydrogens is 642 g/mol. The molecule has 0 heterocycles. The van der Waals surface area contributed by atoms with Crippen LogP contribution < -0.4 is 154 Å². The number of phenols is 1. The minimum atomic E-state index is -5.28. The molecule has 12 nitrogen and oxygen atoms in total. The van der Waals surface area contributed by atoms with Crippen molar-refractivity contribution in [1.82, 2.24) is 0 Å². The number of phenolic OH excluding ortho intramolecular Hbond substituents is 1. The van der Waals surface area contributed by atoms with Gasteiger partial charge in [0, 0.05) is 16.2 Å². The predicted octanol–water partition coefficient (Wildman–Crippen LogP) is -6.16. The molecule has 0 fully saturated rings. The van der Waals surface area contributed by atoms with E-state index in [1.165, 1.54) is 30.3 Å². The standard InChI is InChI=1S/C20H14N2O10S3.3K/c23-20-13-8-7-12(33(24,25)26)9-11(13)10-18(35(30,31)32)19(20)22-21-16-5-1-4-15-14(16)3-2-6-17(15)34(27,28)29;;;/h1-10,23H,(H,24,25,26)(H,27,28,29)(H,30,31,32);;;/q;3*+1/p-3. The Balaban J connectivity index is 0.00000241. The molecule has 0 spiro atoms. The Labute approximate surface area is 345 Å². The second-order valence-electron chi connectivity index (χ2n) is 7.15. The summed E-state index contributed by atoms with van der Waals surface area (Å²) in [5.41, 5.74) is -0.788. The number of benzene rings is 4. The molecule has 0 aliphatic rings. The van der Waals surface area contributed by atoms with Gasteiger partial charge >= 0.3 is 154 Å². The second kappa shape index (κ2) is 14.3. The third-order valence-electron chi connectivity index (χ3n) is 4.97. The van der Waals surface area contributed by atoms with Crippen molar-refractivity contribution in [2.24, 2.45) is 10.2 Å². The molecule has 0 atom stereocenters. The zero-order valence-electron chi connectivity index (χ0n) is 20.0. The van der Waals surface area contributed by atoms with Gasteiger partial charge in [-0.1, -0.05) is 24.3 Å². The number of fused-ring (bicyclic) bond motifs is 2. The van der Waals surface area contributed by atoms with Crippen LogP contribution in [0.5, 0.6) is 5.75 Å². The number of rotatable bonds is 5. The maximum atomic E-state index is 11.9. The smallest absolute Gasteiger partial charge is 0.744 e. The minimum Gasteiger partial charge on any atom is -0.744 e. The summed E-state index contributed by atoms with van der Waals surface area (Å²) in [5, 5.41) is 18.0. The van der Waals surface area contributed by atoms with Gasteiger partial charge in [0.1, 0.15) is 36.0 Å². The van der Waals surface area contributed by atoms with Crippen molar-refractivity contribution < 1.29 is 198 Å². The number of nitrogens with zero attached hydrogens (tertiary/aromatic N) is 2. The Kier molecular flexibility index (Phi) is 14.1. The average molecular weight is 653 g/mol. The predicted molar refractivity (Wildman–Crippen MR) is 118 cm³/mol. The van der Waals surface area contributed by atoms with Crippen molar-refractivity contribution in [2.75, 3.05) is 0 Å². The van der Waals surface area contributed by atoms with Crippen LogP contribution >= 0.6 is 0 Å². The maximum absolute atomic E-state index is 11.9. The summed E-state index contributed by atoms with van der Waals surface area (Å²) in [4.78, 5) is -2.28. The molecule has 18 heteroatoms. The van der Waals surface area contributed by atoms with Crippen molar-refractivity contribution in [3.8, 4) is 5.75 Å². The van der Waals surface area contributed by atoms with E-state index in [0.717, 1.165) is 30.3 Å². The van der Waals surface area contributed by atoms with E-state index in [0.29, 0.717) is 0 Å². The number of hydrogen-bond acceptors (Lipinski definition) is 12. The molecule has 0 aliphatic heterocycles. The molecule has 4 rings (SSSR count). The zero-order chi connectivity index (χ0) is 25.8. The Bertz CT molecular complexity index is 1900. The fourth-order valence-electron chi connectivity index (χ4n) is 3.45. The summed E-state index contributed by atoms with van der Waals surface area (Å²) in [7, 11) is -15.0. The Morgan fingerprint density at radius 1 is 0.605 bits per heavy atom. The van der Waals surface area contributed by atoms with Gasteiger partial charge in [-0.05, 0) is 41.8 Å². The molecule has 0 aromatic heterocycles. The minimum absolute atomic E-state index is 0. The van der Waals surface area contributed by atoms with E-state index in [4.69, 9.17) is 0 Å². The first-order valence-corrected chi connectivity index (χ1v) is 13.5. The van der Waals surface area contributed by atoms with Gasteiger partial charge in [-0.25, -0.2) is 25.3 Å². The Morgan fingerprint density at radius 3 is 1.76 bits per heavy atom. The van der Waals surface area contributed by atoms with Crippen LogP contribution in [0.3, 0.4) is 0 Å². The van der Waals surface area contributed by atoms with E-state index in [-0.39, 0.29) is 181 Å². The van der Waals surface area contributed by atoms with Crippen molar-refractivity contribution in [3.63, 3.8) is 0 Å². The second-order valence-corrected chi connectivity index (χ2v) is 11.2. The Morgan fingerprint density at radius 2 is 1.18 bits per heavy atom. The molecule has 0 aliphatic carbocycles. The quantitative estimate of drug-likeness (QED) is 0.122. The normalized spacial score (nSPS) is 12.1. The summed E-state index contributed by atoms with van der Waals surface area (Å²) in [5.74, 6) is -0.835. The molecule has 0 saturated heterocycles. The molecule has 0 amide bonds. The van der Waals surface area contributed by atoms with Gasteiger partial charge in [0.05, 0.1) is 20.4 Å². The topological polar surface area (TPSA) is 217 Å². The van der Waals surface area contributed by atoms with E-state index < -0.39 is 56.5 Å². The van der Waals surface area contributed by atoms with E-state index in [1.807, 2.05) is 0 Å². The van der Waals surface area contributed by atoms with Crippen LogP contribution in [0.2, 0.25) is 0 Å². The first-order chi connectivity index (χ1) is 16.2. The molecule has 38 heavy (non-hydrogen) atoms. The molecule has 0 bridgehead atoms. The monoisotopic (exact) mass is 652 g/mol. The van der Waals surface area contributed by atoms with Crippen LogP contribution in [-0.2, 0) is 30.4 Å². The summed E-state index contributed by atoms with van der Waals surface area (Å²) in [6.07, 6.45) is 0. The van der Waals surface area contributed by atoms with E-state index in [2.05, 4.69) is 10.2 Å². The van der Waals surface area contributed by atoms with Crippen LogP contribution in [0.15, 0.2) is 85.6 Å². The summed E-state index contributed by atoms with van der Waals surface area (Å²) >= 11 is 0. The van der Waals surface area contributed by atoms with Gasteiger partial charge < -0.3 is 18.8 Å². The third kappa shape index (κ3) is 8.29. The molecule has 4 aromatic rings. The van der Waals surface area contributed by atoms with Gasteiger partial charge in [0.15, 0.2) is 5.75 Å². The van der Waals surface area contributed by atoms with E-state index in [9.17, 15) is 44.0 Å². The summed E-state index contributed by atoms with van der Waals surface area (Å²) in [6.45, 7) is 0. The molecule has 0 radical (unpaired) electrons. The first kappa shape index (κ1) is 37.5. The maximum Gasteiger partial charge on any atom is 1.00 e. The van der Waals surface area contributed by atoms with Crippen LogP contribution in [-0.4, -0.2) is 44.0 Å². The number of azo groups is 1. The largest absolute Gasteiger partial charge is 1.00 e. The van der Waals surface area contributed by atoms with Gasteiger partial charge in [-0.2, -0.15) is 0 Å². The molecule has 182 valence electrons. The molecule has 1 N–H and O–H groups in total. The molecular formula is C20H11K3N2O10S3. The zero-order valence-corrected chi connectivity index (χ0v) is 31.8. The SMILES string of the molecule is O=S(=O)([O-])c1ccc2c(O)c(N=Nc3cccc4c(S(=O)(=O)[O-])cccc34)c(S(=O)(=O)[O-])cc2c1.[K+].[K+].[K+]. The van der Waals surface area contributed by atoms with Gasteiger partial charge in [-0.15, -0.1) is 10.2 Å². The van der Waals surface area contributed by atoms with E-state index in [1.54, 1.807) is 0 Å². The third-order valence-corrected chi connectivity index (χ3v) is 7.54. The van der Waals surface area contributed by atoms with E-state index >= 15 is 0 Å². The Hall–Kier alpha value is 1.44. The van der Waals surface area contributed by atoms with Crippen molar-refractivity contribution >= 4 is 63.3 Å². The summed E-state index contributed by atoms with van der Waals surface area (Å²) in [6, 6.07) is 11.3. The van der Waals surface area contributed by atoms with Crippen LogP contribution in [0.4, 0.5) is 11.4 Å². The average Bonchev–Trinajstić information content (AvgIpc) is 2.75. The van der Waals surface area contributed by atoms with Crippen LogP contribution in [0.1, 0.15) is 0 Å². The summed E-state index contributed by atoms with van der Waals surface area (Å²) < 4.78 is 104. The number of aromatic hydroxyl groups is 1.